The number of nitrogens with zero attached hydrogens (tertiary/aromatic N) is 1. The Bertz CT molecular complexity index is 1550. The minimum Gasteiger partial charge on any atom is -0.508 e. The van der Waals surface area contributed by atoms with Crippen molar-refractivity contribution < 1.29 is 23.8 Å². The molecule has 0 bridgehead atoms. The monoisotopic (exact) mass is 485 g/mol. The number of carbonyl (C=O) groups is 1. The van der Waals surface area contributed by atoms with Crippen LogP contribution in [0.5, 0.6) is 17.2 Å². The highest BCUT2D eigenvalue weighted by atomic mass is 16.5. The number of amides is 1. The van der Waals surface area contributed by atoms with Crippen LogP contribution in [0.15, 0.2) is 63.8 Å². The molecule has 184 valence electrons. The second-order valence-electron chi connectivity index (χ2n) is 9.04. The molecular weight excluding hydrogens is 458 g/mol. The molecule has 36 heavy (non-hydrogen) atoms. The smallest absolute Gasteiger partial charge is 0.290 e. The zero-order chi connectivity index (χ0) is 25.6. The predicted octanol–water partition coefficient (Wildman–Crippen LogP) is 4.92. The fraction of sp³-hybridized carbons (Fsp3) is 0.241. The minimum absolute atomic E-state index is 0.0522. The van der Waals surface area contributed by atoms with Crippen molar-refractivity contribution in [3.05, 3.63) is 98.4 Å². The molecule has 0 fully saturated rings. The van der Waals surface area contributed by atoms with Gasteiger partial charge in [-0.25, -0.2) is 0 Å². The number of aryl methyl sites for hydroxylation is 2. The van der Waals surface area contributed by atoms with E-state index in [4.69, 9.17) is 13.9 Å². The highest BCUT2D eigenvalue weighted by molar-refractivity contribution is 5.99. The van der Waals surface area contributed by atoms with Crippen LogP contribution in [0.1, 0.15) is 44.4 Å². The van der Waals surface area contributed by atoms with E-state index in [2.05, 4.69) is 0 Å². The first-order valence-corrected chi connectivity index (χ1v) is 11.7. The minimum atomic E-state index is -0.679. The van der Waals surface area contributed by atoms with E-state index in [1.807, 2.05) is 38.1 Å². The fourth-order valence-electron chi connectivity index (χ4n) is 4.83. The highest BCUT2D eigenvalue weighted by Crippen LogP contribution is 2.39. The van der Waals surface area contributed by atoms with Crippen LogP contribution >= 0.6 is 0 Å². The number of carbonyl (C=O) groups excluding carboxylic acids is 1. The van der Waals surface area contributed by atoms with Crippen molar-refractivity contribution in [2.24, 2.45) is 0 Å². The van der Waals surface area contributed by atoms with Crippen LogP contribution < -0.4 is 14.9 Å². The summed E-state index contributed by atoms with van der Waals surface area (Å²) < 4.78 is 16.8. The van der Waals surface area contributed by atoms with Crippen LogP contribution in [-0.4, -0.2) is 36.7 Å². The summed E-state index contributed by atoms with van der Waals surface area (Å²) in [6, 6.07) is 15.2. The number of methoxy groups -OCH3 is 2. The number of phenols is 1. The molecule has 1 amide bonds. The third-order valence-electron chi connectivity index (χ3n) is 6.86. The number of aromatic hydroxyl groups is 1. The Balaban J connectivity index is 1.61. The second kappa shape index (κ2) is 9.07. The van der Waals surface area contributed by atoms with Gasteiger partial charge in [-0.05, 0) is 78.9 Å². The van der Waals surface area contributed by atoms with Crippen molar-refractivity contribution in [1.29, 1.82) is 0 Å². The van der Waals surface area contributed by atoms with Gasteiger partial charge in [0.15, 0.2) is 16.9 Å². The van der Waals surface area contributed by atoms with Crippen LogP contribution in [0.3, 0.4) is 0 Å². The molecule has 7 nitrogen and oxygen atoms in total. The van der Waals surface area contributed by atoms with Crippen molar-refractivity contribution in [1.82, 2.24) is 4.90 Å². The molecule has 0 radical (unpaired) electrons. The van der Waals surface area contributed by atoms with E-state index in [0.717, 1.165) is 16.7 Å². The average Bonchev–Trinajstić information content (AvgIpc) is 3.15. The first-order valence-electron chi connectivity index (χ1n) is 11.7. The number of benzene rings is 3. The largest absolute Gasteiger partial charge is 0.508 e. The summed E-state index contributed by atoms with van der Waals surface area (Å²) in [6.07, 6.45) is 0.515. The van der Waals surface area contributed by atoms with Crippen molar-refractivity contribution in [2.75, 3.05) is 20.8 Å². The van der Waals surface area contributed by atoms with Gasteiger partial charge in [-0.15, -0.1) is 0 Å². The molecule has 0 spiro atoms. The third-order valence-corrected chi connectivity index (χ3v) is 6.86. The van der Waals surface area contributed by atoms with Crippen molar-refractivity contribution >= 4 is 16.9 Å². The van der Waals surface area contributed by atoms with Gasteiger partial charge >= 0.3 is 0 Å². The standard InChI is InChI=1S/C29H27NO6/c1-16-12-21-23(13-17(16)2)36-28-25(27(21)32)26(19-6-5-7-20(31)15-19)30(29(28)33)11-10-18-8-9-22(34-3)24(14-18)35-4/h5-9,12-15,26,31H,10-11H2,1-4H3. The molecule has 2 heterocycles. The summed E-state index contributed by atoms with van der Waals surface area (Å²) >= 11 is 0. The van der Waals surface area contributed by atoms with Crippen molar-refractivity contribution in [3.8, 4) is 17.2 Å². The average molecular weight is 486 g/mol. The zero-order valence-electron chi connectivity index (χ0n) is 20.6. The predicted molar refractivity (Wildman–Crippen MR) is 136 cm³/mol. The summed E-state index contributed by atoms with van der Waals surface area (Å²) in [5, 5.41) is 10.6. The van der Waals surface area contributed by atoms with Gasteiger partial charge in [0.25, 0.3) is 5.91 Å². The molecule has 1 unspecified atom stereocenters. The van der Waals surface area contributed by atoms with Gasteiger partial charge < -0.3 is 23.9 Å². The molecule has 1 atom stereocenters. The first kappa shape index (κ1) is 23.5. The van der Waals surface area contributed by atoms with Gasteiger partial charge in [0, 0.05) is 6.54 Å². The number of fused-ring (bicyclic) bond motifs is 2. The first-order chi connectivity index (χ1) is 17.3. The summed E-state index contributed by atoms with van der Waals surface area (Å²) in [6.45, 7) is 4.20. The molecule has 0 saturated heterocycles. The van der Waals surface area contributed by atoms with Crippen LogP contribution in [0.25, 0.3) is 11.0 Å². The van der Waals surface area contributed by atoms with E-state index < -0.39 is 6.04 Å². The lowest BCUT2D eigenvalue weighted by Crippen LogP contribution is -2.31. The SMILES string of the molecule is COc1ccc(CCN2C(=O)c3oc4cc(C)c(C)cc4c(=O)c3C2c2cccc(O)c2)cc1OC. The molecular formula is C29H27NO6. The summed E-state index contributed by atoms with van der Waals surface area (Å²) in [5.41, 5.74) is 4.00. The number of phenolic OH excluding ortho intramolecular Hbond substituents is 1. The molecule has 3 aromatic carbocycles. The number of ether oxygens (including phenoxy) is 2. The van der Waals surface area contributed by atoms with Gasteiger partial charge in [-0.3, -0.25) is 9.59 Å². The summed E-state index contributed by atoms with van der Waals surface area (Å²) in [5.74, 6) is 0.984. The van der Waals surface area contributed by atoms with Gasteiger partial charge in [0.05, 0.1) is 31.2 Å². The fourth-order valence-corrected chi connectivity index (χ4v) is 4.83. The Hall–Kier alpha value is -4.26. The van der Waals surface area contributed by atoms with E-state index in [1.54, 1.807) is 49.5 Å². The summed E-state index contributed by atoms with van der Waals surface area (Å²) in [7, 11) is 3.15. The zero-order valence-corrected chi connectivity index (χ0v) is 20.6. The van der Waals surface area contributed by atoms with Crippen LogP contribution in [0, 0.1) is 13.8 Å². The van der Waals surface area contributed by atoms with Gasteiger partial charge in [-0.2, -0.15) is 0 Å². The molecule has 5 rings (SSSR count). The molecule has 7 heteroatoms. The van der Waals surface area contributed by atoms with Crippen LogP contribution in [0.4, 0.5) is 0 Å². The number of hydrogen-bond donors (Lipinski definition) is 1. The molecule has 1 N–H and O–H groups in total. The molecule has 1 aliphatic heterocycles. The molecule has 1 aliphatic rings. The quantitative estimate of drug-likeness (QED) is 0.417. The Morgan fingerprint density at radius 1 is 0.944 bits per heavy atom. The third kappa shape index (κ3) is 3.86. The number of rotatable bonds is 6. The maximum absolute atomic E-state index is 13.7. The molecule has 0 saturated carbocycles. The van der Waals surface area contributed by atoms with Gasteiger partial charge in [0.1, 0.15) is 11.3 Å². The topological polar surface area (TPSA) is 89.2 Å². The lowest BCUT2D eigenvalue weighted by atomic mass is 9.97. The van der Waals surface area contributed by atoms with E-state index in [1.165, 1.54) is 0 Å². The van der Waals surface area contributed by atoms with Crippen molar-refractivity contribution in [2.45, 2.75) is 26.3 Å². The van der Waals surface area contributed by atoms with E-state index in [9.17, 15) is 14.7 Å². The van der Waals surface area contributed by atoms with E-state index in [0.29, 0.717) is 46.6 Å². The van der Waals surface area contributed by atoms with Gasteiger partial charge in [0.2, 0.25) is 5.76 Å². The Labute approximate surface area is 208 Å². The van der Waals surface area contributed by atoms with Crippen LogP contribution in [0.2, 0.25) is 0 Å². The van der Waals surface area contributed by atoms with Crippen LogP contribution in [-0.2, 0) is 6.42 Å². The Morgan fingerprint density at radius 3 is 2.42 bits per heavy atom. The van der Waals surface area contributed by atoms with E-state index >= 15 is 0 Å². The molecule has 4 aromatic rings. The maximum atomic E-state index is 13.7. The van der Waals surface area contributed by atoms with Crippen molar-refractivity contribution in [3.63, 3.8) is 0 Å². The second-order valence-corrected chi connectivity index (χ2v) is 9.04. The Kier molecular flexibility index (Phi) is 5.92. The molecule has 1 aromatic heterocycles. The Morgan fingerprint density at radius 2 is 1.69 bits per heavy atom. The number of hydrogen-bond acceptors (Lipinski definition) is 6. The maximum Gasteiger partial charge on any atom is 0.290 e. The lowest BCUT2D eigenvalue weighted by Gasteiger charge is -2.25. The summed E-state index contributed by atoms with van der Waals surface area (Å²) in [4.78, 5) is 29.0. The van der Waals surface area contributed by atoms with E-state index in [-0.39, 0.29) is 22.8 Å². The normalized spacial score (nSPS) is 14.8. The highest BCUT2D eigenvalue weighted by Gasteiger charge is 2.42. The van der Waals surface area contributed by atoms with Gasteiger partial charge in [-0.1, -0.05) is 18.2 Å². The molecule has 0 aliphatic carbocycles. The lowest BCUT2D eigenvalue weighted by molar-refractivity contribution is 0.0730.